The first kappa shape index (κ1) is 22.3. The zero-order chi connectivity index (χ0) is 22.5. The van der Waals surface area contributed by atoms with Gasteiger partial charge in [-0.3, -0.25) is 0 Å². The molecule has 31 heavy (non-hydrogen) atoms. The molecule has 8 nitrogen and oxygen atoms in total. The van der Waals surface area contributed by atoms with Gasteiger partial charge < -0.3 is 8.92 Å². The average molecular weight is 461 g/mol. The standard InChI is InChI=1S/C21H20N2O6S2/c1-16-3-11-20(12-4-16)30(24,25)23-22-15-17-5-7-19(8-6-17)29-31(26,27)21-13-9-18(28-2)10-14-21/h3-15,23H,1-2H3. The van der Waals surface area contributed by atoms with Crippen LogP contribution in [0.25, 0.3) is 0 Å². The molecule has 0 aromatic heterocycles. The number of aryl methyl sites for hydroxylation is 1. The third-order valence-electron chi connectivity index (χ3n) is 4.15. The summed E-state index contributed by atoms with van der Waals surface area (Å²) < 4.78 is 59.2. The SMILES string of the molecule is COc1ccc(S(=O)(=O)Oc2ccc(C=NNS(=O)(=O)c3ccc(C)cc3)cc2)cc1. The first-order valence-electron chi connectivity index (χ1n) is 9.00. The molecule has 0 unspecified atom stereocenters. The molecule has 0 fully saturated rings. The van der Waals surface area contributed by atoms with Gasteiger partial charge in [0.2, 0.25) is 0 Å². The molecule has 3 aromatic rings. The van der Waals surface area contributed by atoms with E-state index in [1.54, 1.807) is 24.3 Å². The first-order chi connectivity index (χ1) is 14.7. The molecule has 0 bridgehead atoms. The number of methoxy groups -OCH3 is 1. The van der Waals surface area contributed by atoms with E-state index in [-0.39, 0.29) is 15.5 Å². The molecule has 3 aromatic carbocycles. The highest BCUT2D eigenvalue weighted by molar-refractivity contribution is 7.89. The fourth-order valence-electron chi connectivity index (χ4n) is 2.47. The van der Waals surface area contributed by atoms with Gasteiger partial charge in [-0.2, -0.15) is 21.9 Å². The number of rotatable bonds is 8. The number of hydrogen-bond donors (Lipinski definition) is 1. The van der Waals surface area contributed by atoms with Gasteiger partial charge >= 0.3 is 10.1 Å². The molecule has 1 N–H and O–H groups in total. The van der Waals surface area contributed by atoms with Crippen molar-refractivity contribution in [3.05, 3.63) is 83.9 Å². The Hall–Kier alpha value is -3.37. The van der Waals surface area contributed by atoms with Gasteiger partial charge in [0.1, 0.15) is 16.4 Å². The highest BCUT2D eigenvalue weighted by Gasteiger charge is 2.16. The van der Waals surface area contributed by atoms with E-state index in [0.717, 1.165) is 5.56 Å². The number of nitrogens with zero attached hydrogens (tertiary/aromatic N) is 1. The Morgan fingerprint density at radius 2 is 1.32 bits per heavy atom. The second-order valence-corrected chi connectivity index (χ2v) is 9.66. The van der Waals surface area contributed by atoms with E-state index in [2.05, 4.69) is 9.93 Å². The molecule has 0 aliphatic carbocycles. The Balaban J connectivity index is 1.65. The normalized spacial score (nSPS) is 11.9. The van der Waals surface area contributed by atoms with Crippen LogP contribution in [-0.4, -0.2) is 30.2 Å². The number of sulfonamides is 1. The maximum absolute atomic E-state index is 12.4. The van der Waals surface area contributed by atoms with Gasteiger partial charge in [0.05, 0.1) is 18.2 Å². The smallest absolute Gasteiger partial charge is 0.339 e. The molecule has 0 radical (unpaired) electrons. The lowest BCUT2D eigenvalue weighted by molar-refractivity contribution is 0.414. The second kappa shape index (κ2) is 9.19. The maximum Gasteiger partial charge on any atom is 0.339 e. The molecule has 0 saturated carbocycles. The third kappa shape index (κ3) is 5.83. The molecule has 0 atom stereocenters. The van der Waals surface area contributed by atoms with E-state index in [1.807, 2.05) is 6.92 Å². The van der Waals surface area contributed by atoms with Crippen LogP contribution in [0, 0.1) is 6.92 Å². The zero-order valence-electron chi connectivity index (χ0n) is 16.7. The number of benzene rings is 3. The van der Waals surface area contributed by atoms with Gasteiger partial charge in [-0.1, -0.05) is 17.7 Å². The van der Waals surface area contributed by atoms with E-state index in [9.17, 15) is 16.8 Å². The highest BCUT2D eigenvalue weighted by Crippen LogP contribution is 2.21. The Labute approximate surface area is 181 Å². The van der Waals surface area contributed by atoms with Crippen molar-refractivity contribution in [1.82, 2.24) is 4.83 Å². The summed E-state index contributed by atoms with van der Waals surface area (Å²) >= 11 is 0. The highest BCUT2D eigenvalue weighted by atomic mass is 32.2. The van der Waals surface area contributed by atoms with Gasteiger partial charge in [0.15, 0.2) is 0 Å². The minimum atomic E-state index is -4.00. The van der Waals surface area contributed by atoms with Crippen molar-refractivity contribution < 1.29 is 25.8 Å². The molecular weight excluding hydrogens is 440 g/mol. The van der Waals surface area contributed by atoms with Crippen molar-refractivity contribution in [2.45, 2.75) is 16.7 Å². The lowest BCUT2D eigenvalue weighted by Crippen LogP contribution is -2.18. The van der Waals surface area contributed by atoms with Gasteiger partial charge in [0, 0.05) is 0 Å². The minimum absolute atomic E-state index is 0.00977. The molecule has 3 rings (SSSR count). The summed E-state index contributed by atoms with van der Waals surface area (Å²) in [6.45, 7) is 1.86. The second-order valence-electron chi connectivity index (χ2n) is 6.45. The largest absolute Gasteiger partial charge is 0.497 e. The summed E-state index contributed by atoms with van der Waals surface area (Å²) in [5.74, 6) is 0.633. The average Bonchev–Trinajstić information content (AvgIpc) is 2.75. The van der Waals surface area contributed by atoms with Crippen molar-refractivity contribution in [3.63, 3.8) is 0 Å². The molecular formula is C21H20N2O6S2. The van der Waals surface area contributed by atoms with E-state index in [4.69, 9.17) is 8.92 Å². The fraction of sp³-hybridized carbons (Fsp3) is 0.0952. The summed E-state index contributed by atoms with van der Waals surface area (Å²) in [5, 5.41) is 3.75. The van der Waals surface area contributed by atoms with Crippen LogP contribution in [0.2, 0.25) is 0 Å². The lowest BCUT2D eigenvalue weighted by Gasteiger charge is -2.08. The molecule has 0 amide bonds. The van der Waals surface area contributed by atoms with E-state index < -0.39 is 20.1 Å². The molecule has 162 valence electrons. The zero-order valence-corrected chi connectivity index (χ0v) is 18.4. The molecule has 0 spiro atoms. The van der Waals surface area contributed by atoms with Crippen LogP contribution >= 0.6 is 0 Å². The third-order valence-corrected chi connectivity index (χ3v) is 6.65. The Morgan fingerprint density at radius 3 is 1.90 bits per heavy atom. The summed E-state index contributed by atoms with van der Waals surface area (Å²) in [7, 11) is -6.29. The van der Waals surface area contributed by atoms with Gasteiger partial charge in [-0.15, -0.1) is 0 Å². The topological polar surface area (TPSA) is 111 Å². The summed E-state index contributed by atoms with van der Waals surface area (Å²) in [5.41, 5.74) is 1.49. The molecule has 10 heteroatoms. The van der Waals surface area contributed by atoms with Crippen LogP contribution < -0.4 is 13.8 Å². The molecule has 0 saturated heterocycles. The lowest BCUT2D eigenvalue weighted by atomic mass is 10.2. The maximum atomic E-state index is 12.4. The predicted molar refractivity (Wildman–Crippen MR) is 116 cm³/mol. The molecule has 0 aliphatic rings. The van der Waals surface area contributed by atoms with Crippen molar-refractivity contribution in [1.29, 1.82) is 0 Å². The summed E-state index contributed by atoms with van der Waals surface area (Å²) in [6, 6.07) is 18.1. The van der Waals surface area contributed by atoms with Crippen LogP contribution in [0.15, 0.2) is 87.7 Å². The minimum Gasteiger partial charge on any atom is -0.497 e. The van der Waals surface area contributed by atoms with Crippen molar-refractivity contribution in [2.75, 3.05) is 7.11 Å². The number of ether oxygens (including phenoxy) is 1. The van der Waals surface area contributed by atoms with E-state index in [1.165, 1.54) is 61.9 Å². The van der Waals surface area contributed by atoms with Gasteiger partial charge in [-0.25, -0.2) is 4.83 Å². The van der Waals surface area contributed by atoms with Crippen molar-refractivity contribution in [2.24, 2.45) is 5.10 Å². The Kier molecular flexibility index (Phi) is 6.62. The van der Waals surface area contributed by atoms with Crippen LogP contribution in [0.1, 0.15) is 11.1 Å². The van der Waals surface area contributed by atoms with Crippen LogP contribution in [0.3, 0.4) is 0 Å². The molecule has 0 aliphatic heterocycles. The Morgan fingerprint density at radius 1 is 0.774 bits per heavy atom. The Bertz CT molecular complexity index is 1270. The number of hydrazone groups is 1. The van der Waals surface area contributed by atoms with Gasteiger partial charge in [-0.05, 0) is 73.2 Å². The van der Waals surface area contributed by atoms with Gasteiger partial charge in [0.25, 0.3) is 10.0 Å². The quantitative estimate of drug-likeness (QED) is 0.314. The summed E-state index contributed by atoms with van der Waals surface area (Å²) in [4.78, 5) is 2.22. The summed E-state index contributed by atoms with van der Waals surface area (Å²) in [6.07, 6.45) is 1.30. The van der Waals surface area contributed by atoms with Crippen LogP contribution in [0.5, 0.6) is 11.5 Å². The fourth-order valence-corrected chi connectivity index (χ4v) is 4.19. The predicted octanol–water partition coefficient (Wildman–Crippen LogP) is 3.08. The van der Waals surface area contributed by atoms with Crippen molar-refractivity contribution >= 4 is 26.4 Å². The first-order valence-corrected chi connectivity index (χ1v) is 11.9. The van der Waals surface area contributed by atoms with Crippen LogP contribution in [-0.2, 0) is 20.1 Å². The van der Waals surface area contributed by atoms with Crippen molar-refractivity contribution in [3.8, 4) is 11.5 Å². The number of hydrogen-bond acceptors (Lipinski definition) is 7. The molecule has 0 heterocycles. The van der Waals surface area contributed by atoms with E-state index in [0.29, 0.717) is 11.3 Å². The van der Waals surface area contributed by atoms with E-state index >= 15 is 0 Å². The monoisotopic (exact) mass is 460 g/mol. The van der Waals surface area contributed by atoms with Crippen LogP contribution in [0.4, 0.5) is 0 Å². The number of nitrogens with one attached hydrogen (secondary N) is 1.